The molecule has 1 aliphatic rings. The standard InChI is InChI=1S/C13H18ClFN2O2S.ClH/c14-10-5-6-13(11(15)7-10)20(18,19)17-12-4-2-1-3-9(12)8-16;/h5-7,9,12,17H,1-4,8,16H2;1H. The molecule has 3 N–H and O–H groups in total. The van der Waals surface area contributed by atoms with Crippen LogP contribution in [0.15, 0.2) is 23.1 Å². The molecule has 0 radical (unpaired) electrons. The van der Waals surface area contributed by atoms with Crippen LogP contribution < -0.4 is 10.5 Å². The number of nitrogens with two attached hydrogens (primary N) is 1. The van der Waals surface area contributed by atoms with Crippen molar-refractivity contribution in [1.82, 2.24) is 4.72 Å². The molecule has 1 saturated carbocycles. The topological polar surface area (TPSA) is 72.2 Å². The van der Waals surface area contributed by atoms with Crippen molar-refractivity contribution >= 4 is 34.0 Å². The lowest BCUT2D eigenvalue weighted by Crippen LogP contribution is -2.44. The van der Waals surface area contributed by atoms with E-state index in [0.717, 1.165) is 31.7 Å². The van der Waals surface area contributed by atoms with Crippen LogP contribution in [0.3, 0.4) is 0 Å². The average molecular weight is 357 g/mol. The number of sulfonamides is 1. The first-order valence-corrected chi connectivity index (χ1v) is 8.47. The van der Waals surface area contributed by atoms with Gasteiger partial charge in [-0.15, -0.1) is 12.4 Å². The molecule has 0 saturated heterocycles. The number of hydrogen-bond acceptors (Lipinski definition) is 3. The minimum atomic E-state index is -3.89. The Hall–Kier alpha value is -0.400. The van der Waals surface area contributed by atoms with Crippen molar-refractivity contribution in [2.24, 2.45) is 11.7 Å². The van der Waals surface area contributed by atoms with E-state index in [0.29, 0.717) is 6.54 Å². The predicted molar refractivity (Wildman–Crippen MR) is 83.8 cm³/mol. The highest BCUT2D eigenvalue weighted by Crippen LogP contribution is 2.26. The summed E-state index contributed by atoms with van der Waals surface area (Å²) in [5, 5.41) is 0.166. The van der Waals surface area contributed by atoms with Crippen LogP contribution in [0.1, 0.15) is 25.7 Å². The van der Waals surface area contributed by atoms with Gasteiger partial charge in [-0.1, -0.05) is 24.4 Å². The van der Waals surface area contributed by atoms with E-state index in [1.807, 2.05) is 0 Å². The molecule has 1 aromatic carbocycles. The van der Waals surface area contributed by atoms with Gasteiger partial charge in [0.2, 0.25) is 10.0 Å². The van der Waals surface area contributed by atoms with E-state index in [4.69, 9.17) is 17.3 Å². The van der Waals surface area contributed by atoms with Crippen molar-refractivity contribution in [2.45, 2.75) is 36.6 Å². The minimum Gasteiger partial charge on any atom is -0.330 e. The predicted octanol–water partition coefficient (Wildman–Crippen LogP) is 2.70. The molecule has 0 heterocycles. The summed E-state index contributed by atoms with van der Waals surface area (Å²) in [6, 6.07) is 3.31. The van der Waals surface area contributed by atoms with Gasteiger partial charge in [0.15, 0.2) is 0 Å². The molecule has 8 heteroatoms. The Labute approximate surface area is 135 Å². The van der Waals surface area contributed by atoms with Crippen LogP contribution in [0.4, 0.5) is 4.39 Å². The first-order valence-electron chi connectivity index (χ1n) is 6.61. The molecular formula is C13H19Cl2FN2O2S. The van der Waals surface area contributed by atoms with Gasteiger partial charge in [0.05, 0.1) is 0 Å². The van der Waals surface area contributed by atoms with Crippen LogP contribution in [-0.2, 0) is 10.0 Å². The van der Waals surface area contributed by atoms with E-state index in [1.165, 1.54) is 12.1 Å². The summed E-state index contributed by atoms with van der Waals surface area (Å²) >= 11 is 5.63. The molecule has 4 nitrogen and oxygen atoms in total. The molecule has 2 rings (SSSR count). The van der Waals surface area contributed by atoms with Crippen molar-refractivity contribution in [1.29, 1.82) is 0 Å². The van der Waals surface area contributed by atoms with Gasteiger partial charge < -0.3 is 5.73 Å². The lowest BCUT2D eigenvalue weighted by atomic mass is 9.85. The van der Waals surface area contributed by atoms with Crippen LogP contribution in [-0.4, -0.2) is 21.0 Å². The van der Waals surface area contributed by atoms with E-state index in [9.17, 15) is 12.8 Å². The summed E-state index contributed by atoms with van der Waals surface area (Å²) < 4.78 is 40.9. The highest BCUT2D eigenvalue weighted by molar-refractivity contribution is 7.89. The van der Waals surface area contributed by atoms with Crippen molar-refractivity contribution in [3.8, 4) is 0 Å². The van der Waals surface area contributed by atoms with Crippen LogP contribution in [0.5, 0.6) is 0 Å². The van der Waals surface area contributed by atoms with E-state index < -0.39 is 15.8 Å². The third kappa shape index (κ3) is 4.53. The fourth-order valence-electron chi connectivity index (χ4n) is 2.60. The van der Waals surface area contributed by atoms with Crippen LogP contribution in [0, 0.1) is 11.7 Å². The molecule has 1 aliphatic carbocycles. The zero-order valence-electron chi connectivity index (χ0n) is 11.4. The molecule has 0 amide bonds. The smallest absolute Gasteiger partial charge is 0.243 e. The number of hydrogen-bond donors (Lipinski definition) is 2. The van der Waals surface area contributed by atoms with Crippen molar-refractivity contribution in [2.75, 3.05) is 6.54 Å². The second-order valence-corrected chi connectivity index (χ2v) is 7.20. The number of rotatable bonds is 4. The van der Waals surface area contributed by atoms with Gasteiger partial charge in [-0.25, -0.2) is 17.5 Å². The first kappa shape index (κ1) is 18.6. The van der Waals surface area contributed by atoms with Crippen molar-refractivity contribution in [3.05, 3.63) is 29.0 Å². The zero-order valence-corrected chi connectivity index (χ0v) is 13.8. The molecule has 120 valence electrons. The molecule has 0 spiro atoms. The highest BCUT2D eigenvalue weighted by atomic mass is 35.5. The zero-order chi connectivity index (χ0) is 14.8. The van der Waals surface area contributed by atoms with Crippen LogP contribution >= 0.6 is 24.0 Å². The molecule has 0 aliphatic heterocycles. The molecule has 0 aromatic heterocycles. The van der Waals surface area contributed by atoms with Gasteiger partial charge >= 0.3 is 0 Å². The van der Waals surface area contributed by atoms with Gasteiger partial charge in [0.25, 0.3) is 0 Å². The van der Waals surface area contributed by atoms with Crippen LogP contribution in [0.25, 0.3) is 0 Å². The third-order valence-electron chi connectivity index (χ3n) is 3.70. The number of halogens is 3. The lowest BCUT2D eigenvalue weighted by Gasteiger charge is -2.31. The van der Waals surface area contributed by atoms with Gasteiger partial charge in [-0.05, 0) is 43.5 Å². The van der Waals surface area contributed by atoms with Crippen molar-refractivity contribution < 1.29 is 12.8 Å². The maximum Gasteiger partial charge on any atom is 0.243 e. The van der Waals surface area contributed by atoms with E-state index in [2.05, 4.69) is 4.72 Å². The van der Waals surface area contributed by atoms with Gasteiger partial charge in [0, 0.05) is 11.1 Å². The highest BCUT2D eigenvalue weighted by Gasteiger charge is 2.29. The lowest BCUT2D eigenvalue weighted by molar-refractivity contribution is 0.296. The average Bonchev–Trinajstić information content (AvgIpc) is 2.38. The summed E-state index contributed by atoms with van der Waals surface area (Å²) in [5.74, 6) is -0.737. The van der Waals surface area contributed by atoms with Gasteiger partial charge in [0.1, 0.15) is 10.7 Å². The maximum absolute atomic E-state index is 13.8. The second-order valence-electron chi connectivity index (χ2n) is 5.08. The molecule has 21 heavy (non-hydrogen) atoms. The summed E-state index contributed by atoms with van der Waals surface area (Å²) in [6.45, 7) is 0.427. The number of nitrogens with one attached hydrogen (secondary N) is 1. The molecule has 1 aromatic rings. The van der Waals surface area contributed by atoms with E-state index in [1.54, 1.807) is 0 Å². The Balaban J connectivity index is 0.00000220. The van der Waals surface area contributed by atoms with Gasteiger partial charge in [-0.2, -0.15) is 0 Å². The Morgan fingerprint density at radius 2 is 2.00 bits per heavy atom. The fourth-order valence-corrected chi connectivity index (χ4v) is 4.16. The Bertz CT molecular complexity index is 584. The maximum atomic E-state index is 13.8. The Kier molecular flexibility index (Phi) is 6.87. The van der Waals surface area contributed by atoms with Crippen LogP contribution in [0.2, 0.25) is 5.02 Å². The monoisotopic (exact) mass is 356 g/mol. The van der Waals surface area contributed by atoms with E-state index in [-0.39, 0.29) is 34.3 Å². The SMILES string of the molecule is Cl.NCC1CCCCC1NS(=O)(=O)c1ccc(Cl)cc1F. The molecule has 2 unspecified atom stereocenters. The Morgan fingerprint density at radius 1 is 1.33 bits per heavy atom. The Morgan fingerprint density at radius 3 is 2.62 bits per heavy atom. The van der Waals surface area contributed by atoms with Crippen molar-refractivity contribution in [3.63, 3.8) is 0 Å². The first-order chi connectivity index (χ1) is 9.44. The summed E-state index contributed by atoms with van der Waals surface area (Å²) in [5.41, 5.74) is 5.67. The third-order valence-corrected chi connectivity index (χ3v) is 5.46. The number of benzene rings is 1. The summed E-state index contributed by atoms with van der Waals surface area (Å²) in [6.07, 6.45) is 3.63. The molecule has 1 fully saturated rings. The van der Waals surface area contributed by atoms with E-state index >= 15 is 0 Å². The molecule has 0 bridgehead atoms. The quantitative estimate of drug-likeness (QED) is 0.870. The molecular weight excluding hydrogens is 338 g/mol. The summed E-state index contributed by atoms with van der Waals surface area (Å²) in [7, 11) is -3.89. The van der Waals surface area contributed by atoms with Gasteiger partial charge in [-0.3, -0.25) is 0 Å². The summed E-state index contributed by atoms with van der Waals surface area (Å²) in [4.78, 5) is -0.372. The molecule has 2 atom stereocenters. The second kappa shape index (κ2) is 7.74. The normalized spacial score (nSPS) is 22.6. The minimum absolute atomic E-state index is 0. The fraction of sp³-hybridized carbons (Fsp3) is 0.538. The largest absolute Gasteiger partial charge is 0.330 e.